The largest absolute Gasteiger partial charge is 3.00 e. The Morgan fingerprint density at radius 3 is 2.22 bits per heavy atom. The molecule has 0 saturated carbocycles. The van der Waals surface area contributed by atoms with Crippen molar-refractivity contribution in [2.24, 2.45) is 10.8 Å². The number of benzene rings is 1. The van der Waals surface area contributed by atoms with Crippen LogP contribution in [0.1, 0.15) is 12.6 Å². The first-order valence-corrected chi connectivity index (χ1v) is 6.90. The van der Waals surface area contributed by atoms with Gasteiger partial charge in [0, 0.05) is 11.9 Å². The summed E-state index contributed by atoms with van der Waals surface area (Å²) in [4.78, 5) is 4.09. The van der Waals surface area contributed by atoms with Crippen LogP contribution in [0, 0.1) is 0 Å². The van der Waals surface area contributed by atoms with Crippen LogP contribution in [0.2, 0.25) is 0 Å². The Hall–Kier alpha value is -1.59. The maximum atomic E-state index is 6.99. The maximum absolute atomic E-state index is 6.99. The van der Waals surface area contributed by atoms with Gasteiger partial charge < -0.3 is 20.6 Å². The summed E-state index contributed by atoms with van der Waals surface area (Å²) < 4.78 is 0. The Balaban J connectivity index is 0.000000427. The zero-order valence-electron chi connectivity index (χ0n) is 12.7. The summed E-state index contributed by atoms with van der Waals surface area (Å²) in [7, 11) is -0.841. The molecule has 23 heavy (non-hydrogen) atoms. The number of hydrogen-bond donors (Lipinski definition) is 1. The molecule has 1 aromatic heterocycles. The van der Waals surface area contributed by atoms with E-state index in [0.717, 1.165) is 11.2 Å². The predicted molar refractivity (Wildman–Crippen MR) is 103 cm³/mol. The second kappa shape index (κ2) is 11.9. The quantitative estimate of drug-likeness (QED) is 0.191. The summed E-state index contributed by atoms with van der Waals surface area (Å²) in [6.45, 7) is 1.81. The topological polar surface area (TPSA) is 111 Å². The molecule has 0 aliphatic heterocycles. The smallest absolute Gasteiger partial charge is 0.515 e. The standard InChI is InChI=1S/C8H10N4S.C6H7BO2.Al/c1-6(11-12-8(9)13)7-4-2-3-5-10-7;8-7(9)6-4-2-1-3-5-6;/h2-5H,1H3,(H3,9,10,12,13);1-5,8-9H;/q;;+3/p+2. The van der Waals surface area contributed by atoms with Crippen LogP contribution >= 0.6 is 0 Å². The molecule has 1 aromatic carbocycles. The molecule has 0 amide bonds. The SMILES string of the molecule is CC(=N[N-]C(N)=[SH+])c1ccccn1.[Al+3].[OH2+]B([OH2+])c1ccccc1. The summed E-state index contributed by atoms with van der Waals surface area (Å²) in [5, 5.41) is 17.9. The van der Waals surface area contributed by atoms with Gasteiger partial charge in [-0.25, -0.2) is 0 Å². The Bertz CT molecular complexity index is 615. The number of nitrogens with zero attached hydrogens (tertiary/aromatic N) is 3. The first-order valence-electron chi connectivity index (χ1n) is 6.46. The molecular weight excluding hydrogens is 326 g/mol. The second-order valence-corrected chi connectivity index (χ2v) is 4.66. The Labute approximate surface area is 151 Å². The van der Waals surface area contributed by atoms with Crippen molar-refractivity contribution in [3.8, 4) is 0 Å². The molecule has 2 rings (SSSR count). The fourth-order valence-corrected chi connectivity index (χ4v) is 1.44. The van der Waals surface area contributed by atoms with E-state index in [1.807, 2.05) is 43.3 Å². The van der Waals surface area contributed by atoms with E-state index in [-0.39, 0.29) is 22.5 Å². The van der Waals surface area contributed by atoms with Crippen molar-refractivity contribution in [2.75, 3.05) is 0 Å². The minimum atomic E-state index is -0.841. The second-order valence-electron chi connectivity index (χ2n) is 4.20. The molecule has 0 bridgehead atoms. The van der Waals surface area contributed by atoms with E-state index in [1.54, 1.807) is 18.3 Å². The van der Waals surface area contributed by atoms with Gasteiger partial charge in [-0.05, 0) is 31.2 Å². The van der Waals surface area contributed by atoms with Gasteiger partial charge >= 0.3 is 24.5 Å². The van der Waals surface area contributed by atoms with Crippen LogP contribution in [-0.4, -0.2) is 50.3 Å². The average molecular weight is 345 g/mol. The van der Waals surface area contributed by atoms with Crippen LogP contribution in [-0.2, 0) is 12.2 Å². The maximum Gasteiger partial charge on any atom is 3.00 e. The molecule has 0 saturated heterocycles. The monoisotopic (exact) mass is 345 g/mol. The van der Waals surface area contributed by atoms with E-state index < -0.39 is 7.12 Å². The summed E-state index contributed by atoms with van der Waals surface area (Å²) in [5.41, 5.74) is 11.0. The molecular formula is C14H19AlBN4O2S+5. The predicted octanol–water partition coefficient (Wildman–Crippen LogP) is -1.05. The van der Waals surface area contributed by atoms with Crippen molar-refractivity contribution >= 4 is 53.0 Å². The van der Waals surface area contributed by atoms with E-state index in [0.29, 0.717) is 5.71 Å². The Morgan fingerprint density at radius 1 is 1.17 bits per heavy atom. The third kappa shape index (κ3) is 9.21. The van der Waals surface area contributed by atoms with Gasteiger partial charge in [-0.2, -0.15) is 0 Å². The van der Waals surface area contributed by atoms with Gasteiger partial charge in [0.25, 0.3) is 0 Å². The third-order valence-electron chi connectivity index (χ3n) is 2.47. The van der Waals surface area contributed by atoms with Crippen molar-refractivity contribution in [3.63, 3.8) is 0 Å². The normalized spacial score (nSPS) is 9.83. The van der Waals surface area contributed by atoms with Crippen molar-refractivity contribution < 1.29 is 10.0 Å². The van der Waals surface area contributed by atoms with Crippen molar-refractivity contribution in [3.05, 3.63) is 65.8 Å². The van der Waals surface area contributed by atoms with E-state index in [9.17, 15) is 0 Å². The van der Waals surface area contributed by atoms with Crippen molar-refractivity contribution in [2.45, 2.75) is 6.92 Å². The Morgan fingerprint density at radius 2 is 1.78 bits per heavy atom. The molecule has 1 heterocycles. The number of hydrogen-bond acceptors (Lipinski definition) is 2. The van der Waals surface area contributed by atoms with E-state index in [1.165, 1.54) is 0 Å². The molecule has 114 valence electrons. The number of thiol groups is 1. The minimum absolute atomic E-state index is 0. The summed E-state index contributed by atoms with van der Waals surface area (Å²) >= 11 is 3.79. The number of rotatable bonds is 3. The molecule has 0 spiro atoms. The van der Waals surface area contributed by atoms with Gasteiger partial charge in [0.1, 0.15) is 5.46 Å². The van der Waals surface area contributed by atoms with Crippen LogP contribution < -0.4 is 11.2 Å². The van der Waals surface area contributed by atoms with E-state index in [2.05, 4.69) is 27.7 Å². The minimum Gasteiger partial charge on any atom is -0.515 e. The van der Waals surface area contributed by atoms with Gasteiger partial charge in [0.2, 0.25) is 0 Å². The van der Waals surface area contributed by atoms with Crippen LogP contribution in [0.4, 0.5) is 0 Å². The molecule has 2 aromatic rings. The third-order valence-corrected chi connectivity index (χ3v) is 2.56. The zero-order valence-corrected chi connectivity index (χ0v) is 14.8. The number of aromatic nitrogens is 1. The van der Waals surface area contributed by atoms with Gasteiger partial charge in [-0.1, -0.05) is 24.3 Å². The van der Waals surface area contributed by atoms with Gasteiger partial charge in [-0.3, -0.25) is 10.7 Å². The fourth-order valence-electron chi connectivity index (χ4n) is 1.40. The summed E-state index contributed by atoms with van der Waals surface area (Å²) in [5.74, 6) is 0. The number of pyridine rings is 1. The van der Waals surface area contributed by atoms with Gasteiger partial charge in [0.15, 0.2) is 17.3 Å². The fraction of sp³-hybridized carbons (Fsp3) is 0.0714. The number of nitrogens with two attached hydrogens (primary N) is 1. The summed E-state index contributed by atoms with van der Waals surface area (Å²) in [6, 6.07) is 14.7. The molecule has 6 nitrogen and oxygen atoms in total. The molecule has 0 unspecified atom stereocenters. The molecule has 0 fully saturated rings. The zero-order chi connectivity index (χ0) is 16.4. The average Bonchev–Trinajstić information content (AvgIpc) is 2.55. The first kappa shape index (κ1) is 21.4. The molecule has 0 radical (unpaired) electrons. The summed E-state index contributed by atoms with van der Waals surface area (Å²) in [6.07, 6.45) is 1.70. The molecule has 0 atom stereocenters. The van der Waals surface area contributed by atoms with E-state index >= 15 is 0 Å². The first-order chi connectivity index (χ1) is 10.5. The van der Waals surface area contributed by atoms with Crippen LogP contribution in [0.25, 0.3) is 5.43 Å². The molecule has 9 heteroatoms. The van der Waals surface area contributed by atoms with Crippen molar-refractivity contribution in [1.29, 1.82) is 0 Å². The Kier molecular flexibility index (Phi) is 11.1. The van der Waals surface area contributed by atoms with E-state index in [4.69, 9.17) is 15.8 Å². The van der Waals surface area contributed by atoms with Gasteiger partial charge in [0.05, 0.1) is 5.69 Å². The molecule has 6 N–H and O–H groups in total. The molecule has 0 aliphatic carbocycles. The molecule has 0 aliphatic rings. The van der Waals surface area contributed by atoms with Gasteiger partial charge in [-0.15, -0.1) is 0 Å². The van der Waals surface area contributed by atoms with Crippen LogP contribution in [0.5, 0.6) is 0 Å². The van der Waals surface area contributed by atoms with Crippen LogP contribution in [0.3, 0.4) is 0 Å². The van der Waals surface area contributed by atoms with Crippen LogP contribution in [0.15, 0.2) is 59.8 Å². The van der Waals surface area contributed by atoms with Crippen molar-refractivity contribution in [1.82, 2.24) is 4.98 Å².